The zero-order valence-corrected chi connectivity index (χ0v) is 14.7. The molecule has 29 heavy (non-hydrogen) atoms. The molecule has 0 bridgehead atoms. The average molecular weight is 404 g/mol. The summed E-state index contributed by atoms with van der Waals surface area (Å²) in [6.45, 7) is 1.41. The molecule has 152 valence electrons. The van der Waals surface area contributed by atoms with Gasteiger partial charge in [0.15, 0.2) is 23.0 Å². The van der Waals surface area contributed by atoms with Crippen LogP contribution in [0.25, 0.3) is 22.3 Å². The van der Waals surface area contributed by atoms with E-state index in [0.29, 0.717) is 0 Å². The first-order valence-corrected chi connectivity index (χ1v) is 7.98. The van der Waals surface area contributed by atoms with Gasteiger partial charge in [-0.25, -0.2) is 0 Å². The molecule has 3 rings (SSSR count). The summed E-state index contributed by atoms with van der Waals surface area (Å²) in [6.07, 6.45) is 0. The van der Waals surface area contributed by atoms with E-state index >= 15 is 0 Å². The molecule has 0 unspecified atom stereocenters. The fraction of sp³-hybridized carbons (Fsp3) is 0.0526. The molecule has 10 nitrogen and oxygen atoms in total. The second-order valence-corrected chi connectivity index (χ2v) is 6.21. The molecule has 10 N–H and O–H groups in total. The first-order chi connectivity index (χ1) is 13.5. The fourth-order valence-electron chi connectivity index (χ4n) is 3.06. The lowest BCUT2D eigenvalue weighted by atomic mass is 9.90. The van der Waals surface area contributed by atoms with Crippen LogP contribution in [0.15, 0.2) is 18.2 Å². The molecule has 0 radical (unpaired) electrons. The molecule has 0 aliphatic carbocycles. The summed E-state index contributed by atoms with van der Waals surface area (Å²) in [5, 5.41) is 98.8. The highest BCUT2D eigenvalue weighted by atomic mass is 16.4. The van der Waals surface area contributed by atoms with Crippen LogP contribution in [0.3, 0.4) is 0 Å². The van der Waals surface area contributed by atoms with Crippen LogP contribution in [0.5, 0.6) is 57.5 Å². The van der Waals surface area contributed by atoms with Crippen molar-refractivity contribution in [1.82, 2.24) is 0 Å². The largest absolute Gasteiger partial charge is 0.504 e. The zero-order valence-electron chi connectivity index (χ0n) is 14.7. The Bertz CT molecular complexity index is 1020. The maximum absolute atomic E-state index is 10.2. The Kier molecular flexibility index (Phi) is 4.27. The van der Waals surface area contributed by atoms with Crippen molar-refractivity contribution in [3.05, 3.63) is 23.8 Å². The number of aromatic hydroxyl groups is 10. The molecule has 0 aliphatic heterocycles. The van der Waals surface area contributed by atoms with E-state index in [4.69, 9.17) is 0 Å². The maximum Gasteiger partial charge on any atom is 0.208 e. The van der Waals surface area contributed by atoms with Gasteiger partial charge < -0.3 is 51.1 Å². The summed E-state index contributed by atoms with van der Waals surface area (Å²) in [6, 6.07) is 4.03. The zero-order chi connectivity index (χ0) is 21.8. The summed E-state index contributed by atoms with van der Waals surface area (Å²) in [7, 11) is 0. The molecule has 0 saturated carbocycles. The maximum atomic E-state index is 10.2. The molecule has 0 atom stereocenters. The van der Waals surface area contributed by atoms with Crippen LogP contribution in [-0.4, -0.2) is 51.1 Å². The number of phenols is 10. The van der Waals surface area contributed by atoms with Crippen molar-refractivity contribution in [2.45, 2.75) is 6.92 Å². The van der Waals surface area contributed by atoms with Crippen LogP contribution in [0, 0.1) is 6.92 Å². The van der Waals surface area contributed by atoms with Gasteiger partial charge >= 0.3 is 0 Å². The average Bonchev–Trinajstić information content (AvgIpc) is 2.70. The van der Waals surface area contributed by atoms with Gasteiger partial charge in [0, 0.05) is 0 Å². The molecule has 0 spiro atoms. The van der Waals surface area contributed by atoms with Crippen LogP contribution in [0.1, 0.15) is 5.56 Å². The molecular formula is C19H16O10. The van der Waals surface area contributed by atoms with Crippen molar-refractivity contribution in [3.63, 3.8) is 0 Å². The molecule has 0 amide bonds. The lowest BCUT2D eigenvalue weighted by molar-refractivity contribution is 0.330. The molecule has 10 heteroatoms. The Labute approximate surface area is 162 Å². The highest BCUT2D eigenvalue weighted by Gasteiger charge is 2.28. The minimum atomic E-state index is -1.14. The summed E-state index contributed by atoms with van der Waals surface area (Å²) in [4.78, 5) is 0. The van der Waals surface area contributed by atoms with E-state index in [1.165, 1.54) is 25.1 Å². The van der Waals surface area contributed by atoms with E-state index in [1.807, 2.05) is 0 Å². The van der Waals surface area contributed by atoms with E-state index in [2.05, 4.69) is 0 Å². The smallest absolute Gasteiger partial charge is 0.208 e. The summed E-state index contributed by atoms with van der Waals surface area (Å²) >= 11 is 0. The van der Waals surface area contributed by atoms with Crippen molar-refractivity contribution in [2.24, 2.45) is 0 Å². The third-order valence-corrected chi connectivity index (χ3v) is 4.61. The minimum Gasteiger partial charge on any atom is -0.504 e. The summed E-state index contributed by atoms with van der Waals surface area (Å²) in [5.41, 5.74) is -0.813. The van der Waals surface area contributed by atoms with E-state index in [0.717, 1.165) is 0 Å². The second-order valence-electron chi connectivity index (χ2n) is 6.21. The van der Waals surface area contributed by atoms with Crippen LogP contribution in [0.4, 0.5) is 0 Å². The monoisotopic (exact) mass is 404 g/mol. The lowest BCUT2D eigenvalue weighted by Crippen LogP contribution is -1.92. The summed E-state index contributed by atoms with van der Waals surface area (Å²) in [5.74, 6) is -10.5. The highest BCUT2D eigenvalue weighted by Crippen LogP contribution is 2.58. The van der Waals surface area contributed by atoms with Gasteiger partial charge in [-0.15, -0.1) is 0 Å². The van der Waals surface area contributed by atoms with Gasteiger partial charge in [-0.3, -0.25) is 0 Å². The van der Waals surface area contributed by atoms with Crippen molar-refractivity contribution < 1.29 is 51.1 Å². The molecule has 0 fully saturated rings. The van der Waals surface area contributed by atoms with Crippen molar-refractivity contribution in [1.29, 1.82) is 0 Å². The van der Waals surface area contributed by atoms with Gasteiger partial charge in [0.2, 0.25) is 34.5 Å². The Morgan fingerprint density at radius 3 is 0.931 bits per heavy atom. The predicted molar refractivity (Wildman–Crippen MR) is 98.7 cm³/mol. The van der Waals surface area contributed by atoms with Gasteiger partial charge in [-0.1, -0.05) is 18.2 Å². The Hall–Kier alpha value is -4.34. The number of hydrogen-bond acceptors (Lipinski definition) is 10. The third-order valence-electron chi connectivity index (χ3n) is 4.61. The SMILES string of the molecule is Cc1c(-c2c(O)c(O)c(O)c(O)c2O)cccc1-c1c(O)c(O)c(O)c(O)c1O. The van der Waals surface area contributed by atoms with Crippen LogP contribution in [-0.2, 0) is 0 Å². The van der Waals surface area contributed by atoms with Gasteiger partial charge in [0.1, 0.15) is 0 Å². The van der Waals surface area contributed by atoms with Crippen molar-refractivity contribution in [2.75, 3.05) is 0 Å². The Morgan fingerprint density at radius 2 is 0.655 bits per heavy atom. The normalized spacial score (nSPS) is 10.9. The van der Waals surface area contributed by atoms with E-state index in [1.54, 1.807) is 0 Å². The number of phenolic OH excluding ortho intramolecular Hbond substituents is 10. The molecule has 3 aromatic rings. The predicted octanol–water partition coefficient (Wildman–Crippen LogP) is 2.39. The highest BCUT2D eigenvalue weighted by molar-refractivity contribution is 5.92. The number of hydrogen-bond donors (Lipinski definition) is 10. The van der Waals surface area contributed by atoms with Gasteiger partial charge in [0.25, 0.3) is 0 Å². The van der Waals surface area contributed by atoms with Gasteiger partial charge in [0.05, 0.1) is 11.1 Å². The molecular weight excluding hydrogens is 388 g/mol. The minimum absolute atomic E-state index is 0.00560. The van der Waals surface area contributed by atoms with Gasteiger partial charge in [-0.2, -0.15) is 0 Å². The van der Waals surface area contributed by atoms with Crippen LogP contribution >= 0.6 is 0 Å². The molecule has 0 aromatic heterocycles. The van der Waals surface area contributed by atoms with Crippen LogP contribution in [0.2, 0.25) is 0 Å². The standard InChI is InChI=1S/C19H16O10/c1-5-6(8-10(20)14(24)18(28)15(25)11(8)21)3-2-4-7(5)9-12(22)16(26)19(29)17(27)13(9)23/h2-4,20-29H,1H3. The lowest BCUT2D eigenvalue weighted by Gasteiger charge is -2.18. The van der Waals surface area contributed by atoms with Crippen molar-refractivity contribution >= 4 is 0 Å². The molecule has 3 aromatic carbocycles. The van der Waals surface area contributed by atoms with E-state index in [9.17, 15) is 51.1 Å². The van der Waals surface area contributed by atoms with Crippen molar-refractivity contribution in [3.8, 4) is 79.7 Å². The van der Waals surface area contributed by atoms with Gasteiger partial charge in [-0.05, 0) is 23.6 Å². The first kappa shape index (κ1) is 19.4. The number of rotatable bonds is 2. The molecule has 0 heterocycles. The van der Waals surface area contributed by atoms with Crippen LogP contribution < -0.4 is 0 Å². The second kappa shape index (κ2) is 6.37. The Balaban J connectivity index is 2.40. The number of benzene rings is 3. The summed E-state index contributed by atoms with van der Waals surface area (Å²) < 4.78 is 0. The quantitative estimate of drug-likeness (QED) is 0.223. The van der Waals surface area contributed by atoms with E-state index in [-0.39, 0.29) is 16.7 Å². The Morgan fingerprint density at radius 1 is 0.414 bits per heavy atom. The fourth-order valence-corrected chi connectivity index (χ4v) is 3.06. The third kappa shape index (κ3) is 2.57. The molecule has 0 saturated heterocycles. The van der Waals surface area contributed by atoms with E-state index < -0.39 is 68.6 Å². The first-order valence-electron chi connectivity index (χ1n) is 7.98. The molecule has 0 aliphatic rings. The topological polar surface area (TPSA) is 202 Å².